The zero-order valence-electron chi connectivity index (χ0n) is 14.6. The second kappa shape index (κ2) is 7.64. The summed E-state index contributed by atoms with van der Waals surface area (Å²) in [4.78, 5) is 12.9. The number of hydrogen-bond acceptors (Lipinski definition) is 3. The number of nitrogens with zero attached hydrogens (tertiary/aromatic N) is 2. The largest absolute Gasteiger partial charge is 0.396 e. The Morgan fingerprint density at radius 3 is 2.30 bits per heavy atom. The van der Waals surface area contributed by atoms with E-state index in [-0.39, 0.29) is 10.7 Å². The van der Waals surface area contributed by atoms with Gasteiger partial charge in [0, 0.05) is 12.7 Å². The fourth-order valence-electron chi connectivity index (χ4n) is 2.64. The van der Waals surface area contributed by atoms with Gasteiger partial charge in [-0.15, -0.1) is 0 Å². The molecule has 0 saturated heterocycles. The molecule has 6 nitrogen and oxygen atoms in total. The number of thiocarbonyl (C=S) groups is 1. The molecule has 9 heteroatoms. The zero-order chi connectivity index (χ0) is 19.7. The molecule has 140 valence electrons. The van der Waals surface area contributed by atoms with Gasteiger partial charge >= 0.3 is 0 Å². The highest BCUT2D eigenvalue weighted by atomic mass is 35.5. The van der Waals surface area contributed by atoms with Crippen LogP contribution < -0.4 is 21.9 Å². The van der Waals surface area contributed by atoms with Crippen LogP contribution in [0.5, 0.6) is 0 Å². The molecule has 27 heavy (non-hydrogen) atoms. The molecule has 0 bridgehead atoms. The Bertz CT molecular complexity index is 1050. The van der Waals surface area contributed by atoms with Crippen molar-refractivity contribution in [3.8, 4) is 5.69 Å². The summed E-state index contributed by atoms with van der Waals surface area (Å²) in [7, 11) is 1.81. The Labute approximate surface area is 171 Å². The van der Waals surface area contributed by atoms with Crippen LogP contribution in [0.15, 0.2) is 47.3 Å². The summed E-state index contributed by atoms with van der Waals surface area (Å²) in [6.07, 6.45) is 0. The number of para-hydroxylation sites is 1. The summed E-state index contributed by atoms with van der Waals surface area (Å²) in [5, 5.41) is 6.78. The predicted octanol–water partition coefficient (Wildman–Crippen LogP) is 4.18. The molecule has 2 aromatic carbocycles. The van der Waals surface area contributed by atoms with Crippen LogP contribution in [0.4, 0.5) is 17.1 Å². The average molecular weight is 422 g/mol. The molecule has 0 aliphatic heterocycles. The maximum atomic E-state index is 12.9. The van der Waals surface area contributed by atoms with Crippen LogP contribution in [0.2, 0.25) is 10.0 Å². The maximum Gasteiger partial charge on any atom is 0.295 e. The van der Waals surface area contributed by atoms with E-state index in [9.17, 15) is 4.79 Å². The first-order valence-corrected chi connectivity index (χ1v) is 9.12. The summed E-state index contributed by atoms with van der Waals surface area (Å²) in [6, 6.07) is 12.6. The van der Waals surface area contributed by atoms with Gasteiger partial charge in [-0.1, -0.05) is 41.4 Å². The van der Waals surface area contributed by atoms with Gasteiger partial charge in [0.2, 0.25) is 0 Å². The molecule has 1 heterocycles. The molecule has 1 aromatic heterocycles. The molecule has 0 saturated carbocycles. The van der Waals surface area contributed by atoms with Gasteiger partial charge in [0.05, 0.1) is 27.1 Å². The van der Waals surface area contributed by atoms with Crippen molar-refractivity contribution in [2.45, 2.75) is 6.92 Å². The number of nitrogens with two attached hydrogens (primary N) is 1. The minimum absolute atomic E-state index is 0.210. The van der Waals surface area contributed by atoms with Gasteiger partial charge in [-0.2, -0.15) is 0 Å². The molecule has 0 atom stereocenters. The van der Waals surface area contributed by atoms with E-state index < -0.39 is 0 Å². The van der Waals surface area contributed by atoms with E-state index in [0.29, 0.717) is 27.1 Å². The van der Waals surface area contributed by atoms with Crippen LogP contribution >= 0.6 is 35.4 Å². The number of anilines is 3. The first-order chi connectivity index (χ1) is 12.8. The lowest BCUT2D eigenvalue weighted by molar-refractivity contribution is 0.630. The van der Waals surface area contributed by atoms with Crippen LogP contribution in [0.25, 0.3) is 5.69 Å². The maximum absolute atomic E-state index is 12.9. The molecular weight excluding hydrogens is 405 g/mol. The van der Waals surface area contributed by atoms with Crippen molar-refractivity contribution >= 4 is 57.6 Å². The summed E-state index contributed by atoms with van der Waals surface area (Å²) in [5.74, 6) is 0. The molecule has 0 radical (unpaired) electrons. The first-order valence-electron chi connectivity index (χ1n) is 7.96. The molecule has 3 rings (SSSR count). The van der Waals surface area contributed by atoms with Gasteiger partial charge in [-0.3, -0.25) is 9.48 Å². The second-order valence-corrected chi connectivity index (χ2v) is 7.09. The van der Waals surface area contributed by atoms with E-state index in [1.807, 2.05) is 44.3 Å². The Morgan fingerprint density at radius 2 is 1.70 bits per heavy atom. The van der Waals surface area contributed by atoms with Gasteiger partial charge in [0.15, 0.2) is 5.11 Å². The molecule has 0 amide bonds. The van der Waals surface area contributed by atoms with E-state index in [1.54, 1.807) is 21.5 Å². The van der Waals surface area contributed by atoms with Gasteiger partial charge in [0.25, 0.3) is 5.56 Å². The fraction of sp³-hybridized carbons (Fsp3) is 0.111. The number of rotatable bonds is 3. The van der Waals surface area contributed by atoms with Gasteiger partial charge in [0.1, 0.15) is 5.69 Å². The first kappa shape index (κ1) is 19.3. The lowest BCUT2D eigenvalue weighted by Gasteiger charge is -2.11. The smallest absolute Gasteiger partial charge is 0.295 e. The number of hydrogen-bond donors (Lipinski definition) is 3. The average Bonchev–Trinajstić information content (AvgIpc) is 2.84. The quantitative estimate of drug-likeness (QED) is 0.436. The van der Waals surface area contributed by atoms with Crippen molar-refractivity contribution in [2.75, 3.05) is 16.4 Å². The Morgan fingerprint density at radius 1 is 1.11 bits per heavy atom. The molecule has 0 unspecified atom stereocenters. The SMILES string of the molecule is Cc1c(NC(=S)Nc2cc(Cl)c(N)c(Cl)c2)c(=O)n(-c2ccccc2)n1C. The van der Waals surface area contributed by atoms with E-state index in [4.69, 9.17) is 41.2 Å². The molecule has 0 fully saturated rings. The van der Waals surface area contributed by atoms with E-state index in [1.165, 1.54) is 0 Å². The number of benzene rings is 2. The third kappa shape index (κ3) is 3.80. The molecule has 3 aromatic rings. The predicted molar refractivity (Wildman–Crippen MR) is 116 cm³/mol. The highest BCUT2D eigenvalue weighted by Crippen LogP contribution is 2.31. The number of nitrogen functional groups attached to an aromatic ring is 1. The van der Waals surface area contributed by atoms with Crippen molar-refractivity contribution in [1.29, 1.82) is 0 Å². The van der Waals surface area contributed by atoms with Crippen LogP contribution in [0.1, 0.15) is 5.69 Å². The van der Waals surface area contributed by atoms with Crippen LogP contribution in [-0.2, 0) is 7.05 Å². The topological polar surface area (TPSA) is 77.0 Å². The highest BCUT2D eigenvalue weighted by molar-refractivity contribution is 7.80. The fourth-order valence-corrected chi connectivity index (χ4v) is 3.35. The molecule has 0 aliphatic carbocycles. The Kier molecular flexibility index (Phi) is 5.46. The second-order valence-electron chi connectivity index (χ2n) is 5.87. The van der Waals surface area contributed by atoms with Gasteiger partial charge in [-0.05, 0) is 43.4 Å². The van der Waals surface area contributed by atoms with Crippen LogP contribution in [-0.4, -0.2) is 14.5 Å². The molecular formula is C18H17Cl2N5OS. The van der Waals surface area contributed by atoms with Crippen LogP contribution in [0.3, 0.4) is 0 Å². The van der Waals surface area contributed by atoms with E-state index in [0.717, 1.165) is 11.4 Å². The summed E-state index contributed by atoms with van der Waals surface area (Å²) < 4.78 is 3.33. The minimum Gasteiger partial charge on any atom is -0.396 e. The van der Waals surface area contributed by atoms with Crippen molar-refractivity contribution in [3.63, 3.8) is 0 Å². The van der Waals surface area contributed by atoms with Gasteiger partial charge in [-0.25, -0.2) is 4.68 Å². The van der Waals surface area contributed by atoms with E-state index >= 15 is 0 Å². The van der Waals surface area contributed by atoms with Crippen molar-refractivity contribution in [1.82, 2.24) is 9.36 Å². The van der Waals surface area contributed by atoms with Crippen molar-refractivity contribution in [2.24, 2.45) is 7.05 Å². The van der Waals surface area contributed by atoms with Crippen LogP contribution in [0, 0.1) is 6.92 Å². The molecule has 0 aliphatic rings. The minimum atomic E-state index is -0.210. The summed E-state index contributed by atoms with van der Waals surface area (Å²) >= 11 is 17.4. The zero-order valence-corrected chi connectivity index (χ0v) is 16.9. The summed E-state index contributed by atoms with van der Waals surface area (Å²) in [5.41, 5.74) is 8.26. The third-order valence-electron chi connectivity index (χ3n) is 4.13. The van der Waals surface area contributed by atoms with E-state index in [2.05, 4.69) is 10.6 Å². The Hall–Kier alpha value is -2.48. The molecule has 4 N–H and O–H groups in total. The van der Waals surface area contributed by atoms with Crippen molar-refractivity contribution < 1.29 is 0 Å². The lowest BCUT2D eigenvalue weighted by Crippen LogP contribution is -2.25. The molecule has 0 spiro atoms. The monoisotopic (exact) mass is 421 g/mol. The standard InChI is InChI=1S/C18H17Cl2N5OS/c1-10-16(17(26)25(24(10)2)12-6-4-3-5-7-12)23-18(27)22-11-8-13(19)15(21)14(20)9-11/h3-9H,21H2,1-2H3,(H2,22,23,27). The number of nitrogens with one attached hydrogen (secondary N) is 2. The van der Waals surface area contributed by atoms with Gasteiger partial charge < -0.3 is 16.4 Å². The number of halogens is 2. The third-order valence-corrected chi connectivity index (χ3v) is 4.96. The Balaban J connectivity index is 1.88. The summed E-state index contributed by atoms with van der Waals surface area (Å²) in [6.45, 7) is 1.84. The lowest BCUT2D eigenvalue weighted by atomic mass is 10.3. The highest BCUT2D eigenvalue weighted by Gasteiger charge is 2.17. The number of aromatic nitrogens is 2. The normalized spacial score (nSPS) is 10.7. The van der Waals surface area contributed by atoms with Crippen molar-refractivity contribution in [3.05, 3.63) is 68.6 Å².